The molecule has 0 bridgehead atoms. The van der Waals surface area contributed by atoms with Gasteiger partial charge in [-0.15, -0.1) is 10.2 Å². The molecule has 2 heterocycles. The lowest BCUT2D eigenvalue weighted by Gasteiger charge is -2.04. The second-order valence-corrected chi connectivity index (χ2v) is 4.44. The average Bonchev–Trinajstić information content (AvgIpc) is 3.06. The third-order valence-electron chi connectivity index (χ3n) is 3.01. The van der Waals surface area contributed by atoms with Crippen LogP contribution >= 0.6 is 0 Å². The van der Waals surface area contributed by atoms with E-state index in [0.717, 1.165) is 0 Å². The summed E-state index contributed by atoms with van der Waals surface area (Å²) in [6.45, 7) is 0. The van der Waals surface area contributed by atoms with Crippen LogP contribution < -0.4 is 10.9 Å². The fourth-order valence-electron chi connectivity index (χ4n) is 1.88. The molecular weight excluding hydrogens is 284 g/mol. The number of nitrogens with zero attached hydrogens (tertiary/aromatic N) is 6. The lowest BCUT2D eigenvalue weighted by Crippen LogP contribution is -2.16. The van der Waals surface area contributed by atoms with Gasteiger partial charge in [-0.05, 0) is 23.4 Å². The summed E-state index contributed by atoms with van der Waals surface area (Å²) in [5.41, 5.74) is 1.33. The first kappa shape index (κ1) is 13.4. The van der Waals surface area contributed by atoms with Crippen LogP contribution in [0.2, 0.25) is 0 Å². The predicted molar refractivity (Wildman–Crippen MR) is 78.4 cm³/mol. The van der Waals surface area contributed by atoms with Crippen molar-refractivity contribution in [1.82, 2.24) is 30.2 Å². The first-order chi connectivity index (χ1) is 10.7. The molecule has 22 heavy (non-hydrogen) atoms. The van der Waals surface area contributed by atoms with Crippen LogP contribution in [0.1, 0.15) is 5.82 Å². The zero-order chi connectivity index (χ0) is 15.5. The third-order valence-corrected chi connectivity index (χ3v) is 3.01. The monoisotopic (exact) mass is 294 g/mol. The van der Waals surface area contributed by atoms with Gasteiger partial charge < -0.3 is 9.88 Å². The molecule has 9 nitrogen and oxygen atoms in total. The zero-order valence-corrected chi connectivity index (χ0v) is 11.5. The molecule has 0 radical (unpaired) electrons. The van der Waals surface area contributed by atoms with E-state index in [1.54, 1.807) is 25.2 Å². The number of allylic oxidation sites excluding steroid dienone is 1. The Balaban J connectivity index is 1.96. The van der Waals surface area contributed by atoms with Gasteiger partial charge in [-0.1, -0.05) is 0 Å². The number of benzene rings is 1. The van der Waals surface area contributed by atoms with Crippen molar-refractivity contribution in [3.8, 4) is 6.07 Å². The molecule has 1 aromatic carbocycles. The Morgan fingerprint density at radius 2 is 2.36 bits per heavy atom. The molecule has 0 saturated carbocycles. The van der Waals surface area contributed by atoms with E-state index in [9.17, 15) is 4.79 Å². The number of aryl methyl sites for hydroxylation is 1. The van der Waals surface area contributed by atoms with Crippen LogP contribution in [0.25, 0.3) is 16.5 Å². The molecule has 3 aromatic rings. The van der Waals surface area contributed by atoms with Gasteiger partial charge >= 0.3 is 0 Å². The number of aromatic nitrogens is 6. The summed E-state index contributed by atoms with van der Waals surface area (Å²) >= 11 is 0. The van der Waals surface area contributed by atoms with Gasteiger partial charge in [0.15, 0.2) is 0 Å². The lowest BCUT2D eigenvalue weighted by molar-refractivity contribution is 0.843. The molecule has 0 fully saturated rings. The van der Waals surface area contributed by atoms with Crippen LogP contribution in [0.15, 0.2) is 35.5 Å². The standard InChI is InChI=1S/C13H10N8O/c1-21-7-16-11-3-2-9(4-10(11)13(21)22)15-6-8(5-14)12-17-19-20-18-12/h2-4,6-7,15H,1H3,(H,17,18,19,20). The van der Waals surface area contributed by atoms with E-state index in [4.69, 9.17) is 5.26 Å². The third kappa shape index (κ3) is 2.40. The smallest absolute Gasteiger partial charge is 0.260 e. The maximum absolute atomic E-state index is 12.1. The second-order valence-electron chi connectivity index (χ2n) is 4.44. The number of nitrogens with one attached hydrogen (secondary N) is 2. The van der Waals surface area contributed by atoms with E-state index >= 15 is 0 Å². The molecule has 2 N–H and O–H groups in total. The molecular formula is C13H10N8O. The highest BCUT2D eigenvalue weighted by atomic mass is 16.1. The van der Waals surface area contributed by atoms with Crippen LogP contribution in [-0.4, -0.2) is 30.2 Å². The number of hydrogen-bond acceptors (Lipinski definition) is 7. The van der Waals surface area contributed by atoms with E-state index < -0.39 is 0 Å². The number of H-pyrrole nitrogens is 1. The minimum atomic E-state index is -0.142. The van der Waals surface area contributed by atoms with Gasteiger partial charge in [-0.3, -0.25) is 4.79 Å². The van der Waals surface area contributed by atoms with Gasteiger partial charge in [0.1, 0.15) is 11.6 Å². The van der Waals surface area contributed by atoms with Crippen LogP contribution in [0.5, 0.6) is 0 Å². The van der Waals surface area contributed by atoms with Gasteiger partial charge in [0.2, 0.25) is 5.82 Å². The van der Waals surface area contributed by atoms with Crippen molar-refractivity contribution in [2.24, 2.45) is 7.05 Å². The van der Waals surface area contributed by atoms with Gasteiger partial charge in [0, 0.05) is 18.9 Å². The number of rotatable bonds is 3. The Bertz CT molecular complexity index is 948. The molecule has 0 spiro atoms. The van der Waals surface area contributed by atoms with Crippen molar-refractivity contribution < 1.29 is 0 Å². The normalized spacial score (nSPS) is 11.4. The van der Waals surface area contributed by atoms with Crippen molar-refractivity contribution in [2.75, 3.05) is 5.32 Å². The van der Waals surface area contributed by atoms with Gasteiger partial charge in [0.25, 0.3) is 5.56 Å². The Hall–Kier alpha value is -3.54. The van der Waals surface area contributed by atoms with Crippen LogP contribution in [0.4, 0.5) is 5.69 Å². The lowest BCUT2D eigenvalue weighted by atomic mass is 10.2. The molecule has 108 valence electrons. The summed E-state index contributed by atoms with van der Waals surface area (Å²) in [6.07, 6.45) is 2.93. The molecule has 0 aliphatic carbocycles. The molecule has 9 heteroatoms. The van der Waals surface area contributed by atoms with E-state index in [1.807, 2.05) is 6.07 Å². The van der Waals surface area contributed by atoms with Crippen LogP contribution in [0, 0.1) is 11.3 Å². The number of aromatic amines is 1. The average molecular weight is 294 g/mol. The Morgan fingerprint density at radius 1 is 1.50 bits per heavy atom. The van der Waals surface area contributed by atoms with Crippen molar-refractivity contribution in [3.63, 3.8) is 0 Å². The molecule has 0 atom stereocenters. The minimum absolute atomic E-state index is 0.142. The summed E-state index contributed by atoms with van der Waals surface area (Å²) in [5.74, 6) is 0.188. The van der Waals surface area contributed by atoms with Gasteiger partial charge in [-0.2, -0.15) is 10.5 Å². The zero-order valence-electron chi connectivity index (χ0n) is 11.5. The number of fused-ring (bicyclic) bond motifs is 1. The predicted octanol–water partition coefficient (Wildman–Crippen LogP) is 0.423. The summed E-state index contributed by atoms with van der Waals surface area (Å²) in [5, 5.41) is 25.7. The van der Waals surface area contributed by atoms with E-state index in [0.29, 0.717) is 16.6 Å². The Morgan fingerprint density at radius 3 is 3.09 bits per heavy atom. The van der Waals surface area contributed by atoms with E-state index in [1.165, 1.54) is 17.1 Å². The van der Waals surface area contributed by atoms with Crippen molar-refractivity contribution in [3.05, 3.63) is 46.9 Å². The highest BCUT2D eigenvalue weighted by Crippen LogP contribution is 2.15. The Labute approximate surface area is 123 Å². The summed E-state index contributed by atoms with van der Waals surface area (Å²) in [6, 6.07) is 7.13. The molecule has 0 amide bonds. The number of nitriles is 1. The maximum Gasteiger partial charge on any atom is 0.260 e. The quantitative estimate of drug-likeness (QED) is 0.670. The Kier molecular flexibility index (Phi) is 3.33. The minimum Gasteiger partial charge on any atom is -0.360 e. The molecule has 0 unspecified atom stereocenters. The first-order valence-corrected chi connectivity index (χ1v) is 6.25. The molecule has 0 aliphatic rings. The van der Waals surface area contributed by atoms with Crippen LogP contribution in [0.3, 0.4) is 0 Å². The molecule has 2 aromatic heterocycles. The van der Waals surface area contributed by atoms with Crippen LogP contribution in [-0.2, 0) is 7.05 Å². The maximum atomic E-state index is 12.1. The first-order valence-electron chi connectivity index (χ1n) is 6.25. The molecule has 3 rings (SSSR count). The highest BCUT2D eigenvalue weighted by Gasteiger charge is 2.06. The number of hydrogen-bond donors (Lipinski definition) is 2. The van der Waals surface area contributed by atoms with Crippen molar-refractivity contribution in [1.29, 1.82) is 5.26 Å². The van der Waals surface area contributed by atoms with Crippen molar-refractivity contribution in [2.45, 2.75) is 0 Å². The SMILES string of the molecule is Cn1cnc2ccc(NC=C(C#N)c3nn[nH]n3)cc2c1=O. The number of tetrazole rings is 1. The summed E-state index contributed by atoms with van der Waals surface area (Å²) < 4.78 is 1.40. The highest BCUT2D eigenvalue weighted by molar-refractivity contribution is 5.82. The molecule has 0 aliphatic heterocycles. The summed E-state index contributed by atoms with van der Waals surface area (Å²) in [7, 11) is 1.64. The van der Waals surface area contributed by atoms with Crippen molar-refractivity contribution >= 4 is 22.2 Å². The summed E-state index contributed by atoms with van der Waals surface area (Å²) in [4.78, 5) is 16.2. The second kappa shape index (κ2) is 5.45. The van der Waals surface area contributed by atoms with E-state index in [-0.39, 0.29) is 17.0 Å². The van der Waals surface area contributed by atoms with E-state index in [2.05, 4.69) is 30.9 Å². The largest absolute Gasteiger partial charge is 0.360 e. The molecule has 0 saturated heterocycles. The van der Waals surface area contributed by atoms with Gasteiger partial charge in [-0.25, -0.2) is 4.98 Å². The fraction of sp³-hybridized carbons (Fsp3) is 0.0769. The van der Waals surface area contributed by atoms with Gasteiger partial charge in [0.05, 0.1) is 17.2 Å². The fourth-order valence-corrected chi connectivity index (χ4v) is 1.88. The topological polar surface area (TPSA) is 125 Å². The number of anilines is 1.